The standard InChI is InChI=1S/C22H23BrN2O8/c1-6-7-4-5-8(23)15(26)10(7)16(27)11-9(6)17(28)13-14(25(2)3)18(29)12(21(24)32)20(31)22(13,33)19(11)30/h4-6,9,13-14,17,26,28-30,33H,1-3H3,(H2,24,32)/t6-,9+,13+,14-,17-,22-/m1/s1. The average molecular weight is 523 g/mol. The number of amides is 1. The Balaban J connectivity index is 2.07. The van der Waals surface area contributed by atoms with Crippen LogP contribution in [0, 0.1) is 11.8 Å². The fraction of sp³-hybridized carbons (Fsp3) is 0.409. The molecule has 10 nitrogen and oxygen atoms in total. The number of ketones is 2. The van der Waals surface area contributed by atoms with Gasteiger partial charge in [-0.25, -0.2) is 0 Å². The molecule has 11 heteroatoms. The van der Waals surface area contributed by atoms with Crippen LogP contribution in [0.15, 0.2) is 39.3 Å². The predicted molar refractivity (Wildman–Crippen MR) is 117 cm³/mol. The third-order valence-corrected chi connectivity index (χ3v) is 7.72. The van der Waals surface area contributed by atoms with E-state index in [0.717, 1.165) is 0 Å². The zero-order valence-corrected chi connectivity index (χ0v) is 19.5. The highest BCUT2D eigenvalue weighted by molar-refractivity contribution is 9.10. The van der Waals surface area contributed by atoms with Crippen LogP contribution in [-0.2, 0) is 9.59 Å². The number of nitrogens with two attached hydrogens (primary N) is 1. The molecule has 33 heavy (non-hydrogen) atoms. The van der Waals surface area contributed by atoms with Gasteiger partial charge in [0, 0.05) is 11.5 Å². The van der Waals surface area contributed by atoms with E-state index < -0.39 is 75.6 Å². The lowest BCUT2D eigenvalue weighted by molar-refractivity contribution is -0.162. The fourth-order valence-corrected chi connectivity index (χ4v) is 5.93. The molecule has 7 N–H and O–H groups in total. The Morgan fingerprint density at radius 2 is 1.79 bits per heavy atom. The van der Waals surface area contributed by atoms with Crippen LogP contribution in [0.4, 0.5) is 0 Å². The van der Waals surface area contributed by atoms with Gasteiger partial charge in [0.05, 0.1) is 28.1 Å². The van der Waals surface area contributed by atoms with Crippen molar-refractivity contribution in [3.05, 3.63) is 50.4 Å². The Kier molecular flexibility index (Phi) is 5.25. The molecule has 0 bridgehead atoms. The number of halogens is 1. The quantitative estimate of drug-likeness (QED) is 0.299. The van der Waals surface area contributed by atoms with Crippen molar-refractivity contribution in [3.8, 4) is 5.75 Å². The van der Waals surface area contributed by atoms with Crippen molar-refractivity contribution in [1.82, 2.24) is 4.90 Å². The summed E-state index contributed by atoms with van der Waals surface area (Å²) in [5, 5.41) is 55.4. The molecular weight excluding hydrogens is 500 g/mol. The lowest BCUT2D eigenvalue weighted by Gasteiger charge is -2.53. The third-order valence-electron chi connectivity index (χ3n) is 7.08. The summed E-state index contributed by atoms with van der Waals surface area (Å²) in [5.74, 6) is -9.01. The minimum atomic E-state index is -2.91. The van der Waals surface area contributed by atoms with Crippen LogP contribution in [-0.4, -0.2) is 79.7 Å². The van der Waals surface area contributed by atoms with E-state index in [1.165, 1.54) is 19.0 Å². The van der Waals surface area contributed by atoms with Crippen molar-refractivity contribution in [2.75, 3.05) is 14.1 Å². The van der Waals surface area contributed by atoms with Crippen LogP contribution >= 0.6 is 15.9 Å². The van der Waals surface area contributed by atoms with Crippen molar-refractivity contribution in [2.45, 2.75) is 30.6 Å². The van der Waals surface area contributed by atoms with Gasteiger partial charge < -0.3 is 31.3 Å². The Morgan fingerprint density at radius 3 is 2.33 bits per heavy atom. The molecule has 0 radical (unpaired) electrons. The molecule has 1 aromatic carbocycles. The summed E-state index contributed by atoms with van der Waals surface area (Å²) >= 11 is 3.14. The van der Waals surface area contributed by atoms with Crippen LogP contribution in [0.3, 0.4) is 0 Å². The van der Waals surface area contributed by atoms with Gasteiger partial charge in [0.1, 0.15) is 22.8 Å². The maximum absolute atomic E-state index is 13.4. The normalized spacial score (nSPS) is 33.7. The first kappa shape index (κ1) is 23.4. The predicted octanol–water partition coefficient (Wildman–Crippen LogP) is 0.415. The Hall–Kier alpha value is -2.73. The Morgan fingerprint density at radius 1 is 1.18 bits per heavy atom. The number of aliphatic hydroxyl groups excluding tert-OH is 3. The molecule has 3 aliphatic carbocycles. The van der Waals surface area contributed by atoms with Crippen molar-refractivity contribution >= 4 is 33.4 Å². The number of carbonyl (C=O) groups is 3. The van der Waals surface area contributed by atoms with Gasteiger partial charge in [-0.15, -0.1) is 0 Å². The summed E-state index contributed by atoms with van der Waals surface area (Å²) in [6.45, 7) is 1.67. The molecule has 0 aliphatic heterocycles. The molecule has 0 heterocycles. The summed E-state index contributed by atoms with van der Waals surface area (Å²) in [6.07, 6.45) is -1.60. The molecule has 3 aliphatic rings. The maximum atomic E-state index is 13.4. The number of benzene rings is 1. The second-order valence-electron chi connectivity index (χ2n) is 8.91. The molecule has 0 fully saturated rings. The van der Waals surface area contributed by atoms with Gasteiger partial charge in [0.15, 0.2) is 11.4 Å². The van der Waals surface area contributed by atoms with E-state index in [9.17, 15) is 39.9 Å². The number of aliphatic hydroxyl groups is 4. The number of primary amides is 1. The Bertz CT molecular complexity index is 1190. The highest BCUT2D eigenvalue weighted by Crippen LogP contribution is 2.55. The average Bonchev–Trinajstić information content (AvgIpc) is 2.72. The van der Waals surface area contributed by atoms with Crippen molar-refractivity contribution in [3.63, 3.8) is 0 Å². The number of aromatic hydroxyl groups is 1. The molecule has 0 aromatic heterocycles. The van der Waals surface area contributed by atoms with Gasteiger partial charge in [0.2, 0.25) is 5.78 Å². The van der Waals surface area contributed by atoms with E-state index in [-0.39, 0.29) is 15.8 Å². The molecule has 0 spiro atoms. The number of hydrogen-bond donors (Lipinski definition) is 6. The number of likely N-dealkylation sites (N-methyl/N-ethyl adjacent to an activating group) is 1. The Labute approximate surface area is 196 Å². The zero-order valence-electron chi connectivity index (χ0n) is 17.9. The van der Waals surface area contributed by atoms with E-state index in [1.54, 1.807) is 19.1 Å². The summed E-state index contributed by atoms with van der Waals surface area (Å²) in [6, 6.07) is 1.86. The molecule has 0 saturated carbocycles. The van der Waals surface area contributed by atoms with Gasteiger partial charge in [0.25, 0.3) is 5.91 Å². The van der Waals surface area contributed by atoms with E-state index in [1.807, 2.05) is 0 Å². The summed E-state index contributed by atoms with van der Waals surface area (Å²) in [7, 11) is 2.97. The van der Waals surface area contributed by atoms with Crippen LogP contribution in [0.5, 0.6) is 5.75 Å². The highest BCUT2D eigenvalue weighted by atomic mass is 79.9. The largest absolute Gasteiger partial charge is 0.510 e. The van der Waals surface area contributed by atoms with Crippen molar-refractivity contribution < 1.29 is 39.9 Å². The third kappa shape index (κ3) is 2.79. The first-order valence-electron chi connectivity index (χ1n) is 10.1. The van der Waals surface area contributed by atoms with E-state index in [0.29, 0.717) is 5.56 Å². The van der Waals surface area contributed by atoms with Gasteiger partial charge in [-0.3, -0.25) is 19.3 Å². The molecule has 0 unspecified atom stereocenters. The van der Waals surface area contributed by atoms with Gasteiger partial charge in [-0.1, -0.05) is 13.0 Å². The summed E-state index contributed by atoms with van der Waals surface area (Å²) in [5.41, 5.74) is 1.28. The minimum absolute atomic E-state index is 0.134. The molecule has 1 amide bonds. The van der Waals surface area contributed by atoms with Crippen LogP contribution in [0.2, 0.25) is 0 Å². The monoisotopic (exact) mass is 522 g/mol. The van der Waals surface area contributed by atoms with Gasteiger partial charge in [-0.05, 0) is 47.6 Å². The summed E-state index contributed by atoms with van der Waals surface area (Å²) in [4.78, 5) is 40.0. The number of fused-ring (bicyclic) bond motifs is 3. The van der Waals surface area contributed by atoms with Crippen LogP contribution in [0.1, 0.15) is 28.8 Å². The number of nitrogens with zero attached hydrogens (tertiary/aromatic N) is 1. The second kappa shape index (κ2) is 7.39. The first-order chi connectivity index (χ1) is 15.3. The molecule has 6 atom stereocenters. The zero-order chi connectivity index (χ0) is 24.7. The lowest BCUT2D eigenvalue weighted by Crippen LogP contribution is -2.68. The maximum Gasteiger partial charge on any atom is 0.255 e. The van der Waals surface area contributed by atoms with E-state index >= 15 is 0 Å². The van der Waals surface area contributed by atoms with Crippen LogP contribution < -0.4 is 5.73 Å². The van der Waals surface area contributed by atoms with Crippen molar-refractivity contribution in [1.29, 1.82) is 0 Å². The topological polar surface area (TPSA) is 182 Å². The van der Waals surface area contributed by atoms with E-state index in [4.69, 9.17) is 5.73 Å². The minimum Gasteiger partial charge on any atom is -0.510 e. The number of phenolic OH excluding ortho intramolecular Hbond substituents is 1. The number of Topliss-reactive ketones (excluding diaryl/α,β-unsaturated/α-hetero) is 2. The molecular formula is C22H23BrN2O8. The highest BCUT2D eigenvalue weighted by Gasteiger charge is 2.67. The SMILES string of the molecule is C[C@@H]1c2ccc(Br)c(O)c2C(=O)C2=C(O)[C@@]3(O)C(=O)C(C(N)=O)=C(O)[C@H](N(C)C)[C@H]3[C@H](O)[C@H]21. The molecule has 176 valence electrons. The van der Waals surface area contributed by atoms with Crippen molar-refractivity contribution in [2.24, 2.45) is 17.6 Å². The second-order valence-corrected chi connectivity index (χ2v) is 9.77. The summed E-state index contributed by atoms with van der Waals surface area (Å²) < 4.78 is 0.221. The fourth-order valence-electron chi connectivity index (χ4n) is 5.60. The number of rotatable bonds is 2. The number of phenols is 1. The van der Waals surface area contributed by atoms with E-state index in [2.05, 4.69) is 15.9 Å². The van der Waals surface area contributed by atoms with Gasteiger partial charge in [-0.2, -0.15) is 0 Å². The van der Waals surface area contributed by atoms with Gasteiger partial charge >= 0.3 is 0 Å². The van der Waals surface area contributed by atoms with Crippen LogP contribution in [0.25, 0.3) is 0 Å². The lowest BCUT2D eigenvalue weighted by atomic mass is 9.55. The number of carbonyl (C=O) groups excluding carboxylic acids is 3. The molecule has 4 rings (SSSR count). The molecule has 1 aromatic rings. The smallest absolute Gasteiger partial charge is 0.255 e. The first-order valence-corrected chi connectivity index (χ1v) is 10.9. The molecule has 0 saturated heterocycles. The number of hydrogen-bond acceptors (Lipinski definition) is 9.